The number of carbonyl (C=O) groups excluding carboxylic acids is 1. The molecule has 0 spiro atoms. The van der Waals surface area contributed by atoms with Crippen LogP contribution < -0.4 is 5.73 Å². The van der Waals surface area contributed by atoms with Gasteiger partial charge in [0.05, 0.1) is 19.8 Å². The third-order valence-corrected chi connectivity index (χ3v) is 9.25. The molecule has 2 atom stereocenters. The minimum Gasteiger partial charge on any atom is -0.457 e. The fourth-order valence-corrected chi connectivity index (χ4v) is 6.06. The average molecular weight is 726 g/mol. The molecule has 0 aliphatic rings. The van der Waals surface area contributed by atoms with Crippen molar-refractivity contribution in [3.8, 4) is 0 Å². The largest absolute Gasteiger partial charge is 0.472 e. The molecule has 3 N–H and O–H groups in total. The van der Waals surface area contributed by atoms with E-state index in [1.807, 2.05) is 12.2 Å². The van der Waals surface area contributed by atoms with Crippen molar-refractivity contribution in [1.82, 2.24) is 0 Å². The van der Waals surface area contributed by atoms with Gasteiger partial charge in [-0.1, -0.05) is 165 Å². The van der Waals surface area contributed by atoms with Gasteiger partial charge in [0.15, 0.2) is 0 Å². The minimum atomic E-state index is -4.29. The third kappa shape index (κ3) is 37.7. The zero-order chi connectivity index (χ0) is 36.6. The highest BCUT2D eigenvalue weighted by atomic mass is 31.2. The second kappa shape index (κ2) is 38.7. The Morgan fingerprint density at radius 2 is 1.06 bits per heavy atom. The molecule has 0 amide bonds. The van der Waals surface area contributed by atoms with Crippen molar-refractivity contribution in [3.63, 3.8) is 0 Å². The van der Waals surface area contributed by atoms with Crippen molar-refractivity contribution in [2.45, 2.75) is 174 Å². The summed E-state index contributed by atoms with van der Waals surface area (Å²) in [5, 5.41) is 0. The molecule has 0 rings (SSSR count). The van der Waals surface area contributed by atoms with E-state index in [1.54, 1.807) is 0 Å². The monoisotopic (exact) mass is 726 g/mol. The molecule has 0 aromatic carbocycles. The van der Waals surface area contributed by atoms with Crippen LogP contribution >= 0.6 is 7.82 Å². The summed E-state index contributed by atoms with van der Waals surface area (Å²) in [6.45, 7) is 4.81. The van der Waals surface area contributed by atoms with E-state index in [2.05, 4.69) is 50.3 Å². The van der Waals surface area contributed by atoms with Crippen LogP contribution in [0.25, 0.3) is 0 Å². The maximum Gasteiger partial charge on any atom is 0.472 e. The molecule has 0 saturated heterocycles. The molecule has 0 aromatic rings. The van der Waals surface area contributed by atoms with Gasteiger partial charge in [0.2, 0.25) is 0 Å². The van der Waals surface area contributed by atoms with E-state index in [4.69, 9.17) is 24.3 Å². The molecular formula is C41H76NO7P. The van der Waals surface area contributed by atoms with Gasteiger partial charge in [0.1, 0.15) is 6.10 Å². The van der Waals surface area contributed by atoms with Crippen molar-refractivity contribution in [2.75, 3.05) is 33.0 Å². The van der Waals surface area contributed by atoms with Gasteiger partial charge in [-0.3, -0.25) is 13.8 Å². The van der Waals surface area contributed by atoms with Crippen LogP contribution in [0.3, 0.4) is 0 Å². The Balaban J connectivity index is 4.19. The SMILES string of the molecule is CCCCCCC=CCC=CCC=CCC=CCCC(=O)OC(COCCCCCCCCCCCCCCCC)COP(=O)(O)OCCN. The Morgan fingerprint density at radius 3 is 1.58 bits per heavy atom. The highest BCUT2D eigenvalue weighted by Gasteiger charge is 2.25. The number of hydrogen-bond donors (Lipinski definition) is 2. The van der Waals surface area contributed by atoms with Crippen molar-refractivity contribution < 1.29 is 32.8 Å². The van der Waals surface area contributed by atoms with Gasteiger partial charge < -0.3 is 20.1 Å². The van der Waals surface area contributed by atoms with Crippen LogP contribution in [0.2, 0.25) is 0 Å². The Kier molecular flexibility index (Phi) is 37.5. The average Bonchev–Trinajstić information content (AvgIpc) is 3.10. The zero-order valence-electron chi connectivity index (χ0n) is 32.1. The number of unbranched alkanes of at least 4 members (excludes halogenated alkanes) is 17. The van der Waals surface area contributed by atoms with E-state index < -0.39 is 19.9 Å². The second-order valence-electron chi connectivity index (χ2n) is 13.1. The van der Waals surface area contributed by atoms with Crippen LogP contribution in [0.4, 0.5) is 0 Å². The number of nitrogens with two attached hydrogens (primary N) is 1. The van der Waals surface area contributed by atoms with Crippen molar-refractivity contribution >= 4 is 13.8 Å². The number of phosphoric acid groups is 1. The van der Waals surface area contributed by atoms with Crippen molar-refractivity contribution in [1.29, 1.82) is 0 Å². The molecule has 50 heavy (non-hydrogen) atoms. The quantitative estimate of drug-likeness (QED) is 0.0279. The smallest absolute Gasteiger partial charge is 0.457 e. The molecule has 0 aliphatic carbocycles. The molecule has 0 saturated carbocycles. The Labute approximate surface area is 307 Å². The van der Waals surface area contributed by atoms with Gasteiger partial charge in [-0.15, -0.1) is 0 Å². The number of allylic oxidation sites excluding steroid dienone is 8. The van der Waals surface area contributed by atoms with Gasteiger partial charge in [0.25, 0.3) is 0 Å². The molecule has 0 fully saturated rings. The maximum absolute atomic E-state index is 12.5. The summed E-state index contributed by atoms with van der Waals surface area (Å²) in [5.41, 5.74) is 5.35. The van der Waals surface area contributed by atoms with Crippen LogP contribution in [-0.2, 0) is 27.9 Å². The highest BCUT2D eigenvalue weighted by molar-refractivity contribution is 7.47. The van der Waals surface area contributed by atoms with Gasteiger partial charge in [-0.05, 0) is 44.9 Å². The first kappa shape index (κ1) is 48.5. The molecule has 0 aromatic heterocycles. The molecule has 8 nitrogen and oxygen atoms in total. The molecule has 292 valence electrons. The number of carbonyl (C=O) groups is 1. The topological polar surface area (TPSA) is 117 Å². The predicted molar refractivity (Wildman–Crippen MR) is 210 cm³/mol. The lowest BCUT2D eigenvalue weighted by Crippen LogP contribution is -2.28. The standard InChI is InChI=1S/C41H76NO7P/c1-3-5-7-9-11-13-15-17-19-20-21-22-24-26-28-30-32-34-41(43)49-40(39-48-50(44,45)47-37-35-42)38-46-36-33-31-29-27-25-23-18-16-14-12-10-8-6-4-2/h13,15,19-20,22,24,28,30,40H,3-12,14,16-18,21,23,25-27,29,31-39,42H2,1-2H3,(H,44,45). The molecular weight excluding hydrogens is 649 g/mol. The minimum absolute atomic E-state index is 0.0888. The normalized spacial score (nSPS) is 14.1. The highest BCUT2D eigenvalue weighted by Crippen LogP contribution is 2.43. The first-order chi connectivity index (χ1) is 24.4. The van der Waals surface area contributed by atoms with E-state index >= 15 is 0 Å². The molecule has 0 aliphatic heterocycles. The Hall–Kier alpha value is -1.54. The lowest BCUT2D eigenvalue weighted by Gasteiger charge is -2.20. The third-order valence-electron chi connectivity index (χ3n) is 8.26. The van der Waals surface area contributed by atoms with Gasteiger partial charge in [0, 0.05) is 19.6 Å². The number of phosphoric ester groups is 1. The molecule has 0 heterocycles. The zero-order valence-corrected chi connectivity index (χ0v) is 33.0. The van der Waals surface area contributed by atoms with E-state index in [0.29, 0.717) is 13.0 Å². The van der Waals surface area contributed by atoms with E-state index in [-0.39, 0.29) is 32.8 Å². The number of hydrogen-bond acceptors (Lipinski definition) is 7. The number of esters is 1. The van der Waals surface area contributed by atoms with Crippen LogP contribution in [0, 0.1) is 0 Å². The summed E-state index contributed by atoms with van der Waals surface area (Å²) in [7, 11) is -4.29. The first-order valence-corrected chi connectivity index (χ1v) is 21.6. The fourth-order valence-electron chi connectivity index (χ4n) is 5.30. The van der Waals surface area contributed by atoms with Crippen LogP contribution in [0.5, 0.6) is 0 Å². The lowest BCUT2D eigenvalue weighted by molar-refractivity contribution is -0.154. The number of rotatable bonds is 38. The first-order valence-electron chi connectivity index (χ1n) is 20.1. The summed E-state index contributed by atoms with van der Waals surface area (Å²) < 4.78 is 33.3. The molecule has 9 heteroatoms. The van der Waals surface area contributed by atoms with E-state index in [0.717, 1.165) is 32.1 Å². The van der Waals surface area contributed by atoms with Crippen molar-refractivity contribution in [3.05, 3.63) is 48.6 Å². The van der Waals surface area contributed by atoms with Gasteiger partial charge in [-0.2, -0.15) is 0 Å². The van der Waals surface area contributed by atoms with E-state index in [9.17, 15) is 14.3 Å². The Morgan fingerprint density at radius 1 is 0.600 bits per heavy atom. The van der Waals surface area contributed by atoms with Crippen LogP contribution in [-0.4, -0.2) is 49.9 Å². The summed E-state index contributed by atoms with van der Waals surface area (Å²) in [4.78, 5) is 22.4. The predicted octanol–water partition coefficient (Wildman–Crippen LogP) is 11.6. The van der Waals surface area contributed by atoms with Gasteiger partial charge >= 0.3 is 13.8 Å². The lowest BCUT2D eigenvalue weighted by atomic mass is 10.0. The molecule has 2 unspecified atom stereocenters. The molecule has 0 bridgehead atoms. The summed E-state index contributed by atoms with van der Waals surface area (Å²) in [6, 6.07) is 0. The van der Waals surface area contributed by atoms with Crippen LogP contribution in [0.15, 0.2) is 48.6 Å². The maximum atomic E-state index is 12.5. The number of ether oxygens (including phenoxy) is 2. The fraction of sp³-hybridized carbons (Fsp3) is 0.780. The van der Waals surface area contributed by atoms with Crippen LogP contribution in [0.1, 0.15) is 168 Å². The summed E-state index contributed by atoms with van der Waals surface area (Å²) in [5.74, 6) is -0.408. The van der Waals surface area contributed by atoms with E-state index in [1.165, 1.54) is 109 Å². The second-order valence-corrected chi connectivity index (χ2v) is 14.6. The Bertz CT molecular complexity index is 905. The van der Waals surface area contributed by atoms with Crippen molar-refractivity contribution in [2.24, 2.45) is 5.73 Å². The molecule has 0 radical (unpaired) electrons. The van der Waals surface area contributed by atoms with Gasteiger partial charge in [-0.25, -0.2) is 4.57 Å². The summed E-state index contributed by atoms with van der Waals surface area (Å²) >= 11 is 0. The summed E-state index contributed by atoms with van der Waals surface area (Å²) in [6.07, 6.45) is 44.2.